The van der Waals surface area contributed by atoms with E-state index in [-0.39, 0.29) is 12.1 Å². The molecule has 2 aromatic rings. The average molecular weight is 437 g/mol. The van der Waals surface area contributed by atoms with Gasteiger partial charge in [-0.25, -0.2) is 0 Å². The third kappa shape index (κ3) is 5.46. The molecule has 0 radical (unpaired) electrons. The minimum atomic E-state index is 0.00649. The molecule has 0 aromatic heterocycles. The lowest BCUT2D eigenvalue weighted by molar-refractivity contribution is 0.572. The molecule has 0 saturated heterocycles. The summed E-state index contributed by atoms with van der Waals surface area (Å²) < 4.78 is 0. The third-order valence-electron chi connectivity index (χ3n) is 6.71. The van der Waals surface area contributed by atoms with E-state index in [1.165, 1.54) is 49.7 Å². The van der Waals surface area contributed by atoms with Gasteiger partial charge in [0.25, 0.3) is 0 Å². The molecule has 0 bridgehead atoms. The fourth-order valence-electron chi connectivity index (χ4n) is 4.81. The van der Waals surface area contributed by atoms with Crippen LogP contribution in [0.5, 0.6) is 0 Å². The first-order chi connectivity index (χ1) is 14.7. The molecule has 0 N–H and O–H groups in total. The summed E-state index contributed by atoms with van der Waals surface area (Å²) in [6.07, 6.45) is 12.1. The topological polar surface area (TPSA) is 24.7 Å². The fourth-order valence-corrected chi connectivity index (χ4v) is 5.87. The van der Waals surface area contributed by atoms with Gasteiger partial charge in [-0.15, -0.1) is 18.5 Å². The summed E-state index contributed by atoms with van der Waals surface area (Å²) in [6.45, 7) is 0. The average Bonchev–Trinajstić information content (AvgIpc) is 3.39. The first-order valence-electron chi connectivity index (χ1n) is 11.4. The minimum Gasteiger partial charge on any atom is -0.287 e. The van der Waals surface area contributed by atoms with Gasteiger partial charge in [0.15, 0.2) is 0 Å². The number of hydrogen-bond acceptors (Lipinski definition) is 2. The maximum atomic E-state index is 5.21. The quantitative estimate of drug-likeness (QED) is 0.341. The number of hydrogen-bond donors (Lipinski definition) is 0. The molecule has 2 aliphatic rings. The van der Waals surface area contributed by atoms with E-state index in [0.717, 1.165) is 0 Å². The molecule has 2 aliphatic carbocycles. The van der Waals surface area contributed by atoms with Gasteiger partial charge in [0.05, 0.1) is 0 Å². The number of benzene rings is 2. The van der Waals surface area contributed by atoms with E-state index in [1.807, 2.05) is 0 Å². The molecule has 2 aromatic carbocycles. The standard InChI is InChI=1S/C26H34N2P2/c29-23-15-7-13-21(23)17-27-25(19-9-3-1-4-10-19)26(20-11-5-2-6-12-20)28-18-22-14-8-16-24(22)30/h1-6,9-12,17-18,21-26H,7-8,13-16,29-30H2. The van der Waals surface area contributed by atoms with Gasteiger partial charge in [0.2, 0.25) is 0 Å². The summed E-state index contributed by atoms with van der Waals surface area (Å²) in [5.41, 5.74) is 3.79. The molecule has 8 atom stereocenters. The van der Waals surface area contributed by atoms with E-state index in [4.69, 9.17) is 9.98 Å². The molecule has 4 heteroatoms. The molecule has 158 valence electrons. The van der Waals surface area contributed by atoms with Crippen molar-refractivity contribution in [3.8, 4) is 0 Å². The summed E-state index contributed by atoms with van der Waals surface area (Å²) in [5.74, 6) is 1.13. The van der Waals surface area contributed by atoms with Crippen LogP contribution in [-0.2, 0) is 0 Å². The molecular weight excluding hydrogens is 402 g/mol. The molecule has 2 nitrogen and oxygen atoms in total. The highest BCUT2D eigenvalue weighted by molar-refractivity contribution is 7.17. The Kier molecular flexibility index (Phi) is 7.86. The molecule has 0 heterocycles. The van der Waals surface area contributed by atoms with Crippen LogP contribution in [-0.4, -0.2) is 23.7 Å². The molecule has 8 unspecified atom stereocenters. The molecule has 4 rings (SSSR count). The van der Waals surface area contributed by atoms with E-state index in [9.17, 15) is 0 Å². The Labute approximate surface area is 186 Å². The van der Waals surface area contributed by atoms with Gasteiger partial charge in [0.1, 0.15) is 12.1 Å². The Bertz CT molecular complexity index is 765. The zero-order chi connectivity index (χ0) is 20.8. The van der Waals surface area contributed by atoms with Gasteiger partial charge in [-0.05, 0) is 48.1 Å². The monoisotopic (exact) mass is 436 g/mol. The molecule has 2 fully saturated rings. The van der Waals surface area contributed by atoms with Crippen LogP contribution < -0.4 is 0 Å². The molecular formula is C26H34N2P2. The predicted octanol–water partition coefficient (Wildman–Crippen LogP) is 6.70. The van der Waals surface area contributed by atoms with Crippen molar-refractivity contribution >= 4 is 30.9 Å². The van der Waals surface area contributed by atoms with Crippen molar-refractivity contribution in [2.24, 2.45) is 21.8 Å². The summed E-state index contributed by atoms with van der Waals surface area (Å²) in [6, 6.07) is 21.5. The van der Waals surface area contributed by atoms with Gasteiger partial charge in [0, 0.05) is 24.3 Å². The van der Waals surface area contributed by atoms with Gasteiger partial charge < -0.3 is 0 Å². The van der Waals surface area contributed by atoms with Crippen molar-refractivity contribution in [2.45, 2.75) is 61.9 Å². The zero-order valence-corrected chi connectivity index (χ0v) is 20.0. The van der Waals surface area contributed by atoms with Crippen LogP contribution in [0.25, 0.3) is 0 Å². The van der Waals surface area contributed by atoms with Crippen LogP contribution in [0, 0.1) is 11.8 Å². The second-order valence-electron chi connectivity index (χ2n) is 8.82. The largest absolute Gasteiger partial charge is 0.287 e. The van der Waals surface area contributed by atoms with Crippen LogP contribution >= 0.6 is 18.5 Å². The van der Waals surface area contributed by atoms with Gasteiger partial charge >= 0.3 is 0 Å². The van der Waals surface area contributed by atoms with Crippen molar-refractivity contribution in [1.29, 1.82) is 0 Å². The van der Waals surface area contributed by atoms with Crippen molar-refractivity contribution in [2.75, 3.05) is 0 Å². The van der Waals surface area contributed by atoms with Crippen LogP contribution in [0.1, 0.15) is 61.7 Å². The smallest absolute Gasteiger partial charge is 0.101 e. The van der Waals surface area contributed by atoms with Crippen LogP contribution in [0.15, 0.2) is 70.6 Å². The Morgan fingerprint density at radius 2 is 1.03 bits per heavy atom. The molecule has 0 spiro atoms. The summed E-state index contributed by atoms with van der Waals surface area (Å²) in [4.78, 5) is 10.4. The highest BCUT2D eigenvalue weighted by Gasteiger charge is 2.27. The predicted molar refractivity (Wildman–Crippen MR) is 137 cm³/mol. The van der Waals surface area contributed by atoms with Crippen molar-refractivity contribution < 1.29 is 0 Å². The lowest BCUT2D eigenvalue weighted by atomic mass is 9.93. The minimum absolute atomic E-state index is 0.00649. The Morgan fingerprint density at radius 3 is 1.37 bits per heavy atom. The number of aliphatic imine (C=N–C) groups is 2. The van der Waals surface area contributed by atoms with E-state index in [1.54, 1.807) is 0 Å². The van der Waals surface area contributed by atoms with Gasteiger partial charge in [-0.1, -0.05) is 73.5 Å². The van der Waals surface area contributed by atoms with E-state index in [0.29, 0.717) is 23.2 Å². The second kappa shape index (κ2) is 10.8. The van der Waals surface area contributed by atoms with Crippen molar-refractivity contribution in [1.82, 2.24) is 0 Å². The maximum Gasteiger partial charge on any atom is 0.101 e. The van der Waals surface area contributed by atoms with E-state index in [2.05, 4.69) is 91.6 Å². The maximum absolute atomic E-state index is 5.21. The van der Waals surface area contributed by atoms with Crippen molar-refractivity contribution in [3.05, 3.63) is 71.8 Å². The first kappa shape index (κ1) is 21.9. The fraction of sp³-hybridized carbons (Fsp3) is 0.462. The summed E-state index contributed by atoms with van der Waals surface area (Å²) in [7, 11) is 6.06. The van der Waals surface area contributed by atoms with E-state index >= 15 is 0 Å². The van der Waals surface area contributed by atoms with Crippen LogP contribution in [0.3, 0.4) is 0 Å². The lowest BCUT2D eigenvalue weighted by Crippen LogP contribution is -2.14. The highest BCUT2D eigenvalue weighted by Crippen LogP contribution is 2.38. The normalized spacial score (nSPS) is 29.0. The molecule has 30 heavy (non-hydrogen) atoms. The third-order valence-corrected chi connectivity index (χ3v) is 8.36. The second-order valence-corrected chi connectivity index (χ2v) is 10.5. The molecule has 2 saturated carbocycles. The molecule has 0 amide bonds. The van der Waals surface area contributed by atoms with Crippen molar-refractivity contribution in [3.63, 3.8) is 0 Å². The Hall–Kier alpha value is -1.36. The molecule has 0 aliphatic heterocycles. The first-order valence-corrected chi connectivity index (χ1v) is 12.7. The number of nitrogens with zero attached hydrogens (tertiary/aromatic N) is 2. The summed E-state index contributed by atoms with van der Waals surface area (Å²) >= 11 is 0. The Balaban J connectivity index is 1.68. The Morgan fingerprint density at radius 1 is 0.633 bits per heavy atom. The van der Waals surface area contributed by atoms with Gasteiger partial charge in [-0.3, -0.25) is 9.98 Å². The zero-order valence-electron chi connectivity index (χ0n) is 17.7. The van der Waals surface area contributed by atoms with Crippen LogP contribution in [0.2, 0.25) is 0 Å². The van der Waals surface area contributed by atoms with Crippen LogP contribution in [0.4, 0.5) is 0 Å². The highest BCUT2D eigenvalue weighted by atomic mass is 31.0. The van der Waals surface area contributed by atoms with E-state index < -0.39 is 0 Å². The lowest BCUT2D eigenvalue weighted by Gasteiger charge is -2.23. The summed E-state index contributed by atoms with van der Waals surface area (Å²) in [5, 5.41) is 0. The number of rotatable bonds is 7. The SMILES string of the molecule is PC1CCCC1C=NC(c1ccccc1)C(N=CC1CCCC1P)c1ccccc1. The van der Waals surface area contributed by atoms with Gasteiger partial charge in [-0.2, -0.15) is 0 Å².